The van der Waals surface area contributed by atoms with Gasteiger partial charge in [-0.1, -0.05) is 30.3 Å². The van der Waals surface area contributed by atoms with E-state index in [1.165, 1.54) is 10.9 Å². The molecule has 0 unspecified atom stereocenters. The van der Waals surface area contributed by atoms with Gasteiger partial charge in [0.25, 0.3) is 0 Å². The number of nitro groups is 1. The Bertz CT molecular complexity index is 787. The summed E-state index contributed by atoms with van der Waals surface area (Å²) in [5, 5.41) is 14.8. The molecule has 1 aromatic carbocycles. The number of likely N-dealkylation sites (tertiary alicyclic amines) is 1. The lowest BCUT2D eigenvalue weighted by molar-refractivity contribution is -0.385. The van der Waals surface area contributed by atoms with Crippen molar-refractivity contribution in [2.45, 2.75) is 31.3 Å². The molecular formula is C17H21N5O3. The summed E-state index contributed by atoms with van der Waals surface area (Å²) in [5.74, 6) is -0.0766. The Balaban J connectivity index is 1.79. The van der Waals surface area contributed by atoms with E-state index in [0.717, 1.165) is 11.8 Å². The van der Waals surface area contributed by atoms with Crippen LogP contribution in [0, 0.1) is 10.1 Å². The molecule has 1 aromatic heterocycles. The van der Waals surface area contributed by atoms with Crippen molar-refractivity contribution in [2.75, 3.05) is 13.1 Å². The van der Waals surface area contributed by atoms with Crippen LogP contribution < -0.4 is 5.73 Å². The van der Waals surface area contributed by atoms with Crippen LogP contribution in [0.1, 0.15) is 25.3 Å². The van der Waals surface area contributed by atoms with E-state index in [4.69, 9.17) is 5.73 Å². The van der Waals surface area contributed by atoms with Crippen LogP contribution in [-0.4, -0.2) is 44.6 Å². The summed E-state index contributed by atoms with van der Waals surface area (Å²) in [6, 6.07) is 9.74. The number of aromatic nitrogens is 2. The Morgan fingerprint density at radius 1 is 1.32 bits per heavy atom. The first-order valence-corrected chi connectivity index (χ1v) is 8.10. The third kappa shape index (κ3) is 3.12. The first-order chi connectivity index (χ1) is 11.8. The van der Waals surface area contributed by atoms with Crippen molar-refractivity contribution in [2.24, 2.45) is 5.73 Å². The zero-order valence-electron chi connectivity index (χ0n) is 14.2. The molecule has 2 atom stereocenters. The van der Waals surface area contributed by atoms with E-state index >= 15 is 0 Å². The van der Waals surface area contributed by atoms with Crippen LogP contribution in [0.5, 0.6) is 0 Å². The maximum atomic E-state index is 13.0. The van der Waals surface area contributed by atoms with Crippen LogP contribution in [-0.2, 0) is 10.3 Å². The van der Waals surface area contributed by atoms with Crippen molar-refractivity contribution < 1.29 is 9.72 Å². The molecule has 25 heavy (non-hydrogen) atoms. The minimum atomic E-state index is -1.03. The first-order valence-electron chi connectivity index (χ1n) is 8.10. The largest absolute Gasteiger partial charge is 0.338 e. The van der Waals surface area contributed by atoms with E-state index in [0.29, 0.717) is 13.1 Å². The van der Waals surface area contributed by atoms with Gasteiger partial charge in [0.2, 0.25) is 5.91 Å². The molecule has 1 aliphatic rings. The second-order valence-corrected chi connectivity index (χ2v) is 6.85. The molecule has 8 heteroatoms. The summed E-state index contributed by atoms with van der Waals surface area (Å²) in [5.41, 5.74) is 6.20. The maximum absolute atomic E-state index is 13.0. The van der Waals surface area contributed by atoms with Gasteiger partial charge in [-0.2, -0.15) is 5.10 Å². The Morgan fingerprint density at radius 3 is 2.60 bits per heavy atom. The van der Waals surface area contributed by atoms with Crippen molar-refractivity contribution in [3.05, 3.63) is 58.4 Å². The van der Waals surface area contributed by atoms with Gasteiger partial charge in [-0.3, -0.25) is 19.6 Å². The standard InChI is InChI=1S/C17H21N5O3/c1-17(2,21-9-13(8-19-21)22(24)25)16(23)20-10-14(15(18)11-20)12-6-4-3-5-7-12/h3-9,14-15H,10-11,18H2,1-2H3/t14-,15+/m0/s1. The van der Waals surface area contributed by atoms with Gasteiger partial charge in [0, 0.05) is 25.0 Å². The maximum Gasteiger partial charge on any atom is 0.307 e. The number of carbonyl (C=O) groups excluding carboxylic acids is 1. The summed E-state index contributed by atoms with van der Waals surface area (Å²) in [6.45, 7) is 4.38. The molecule has 1 aliphatic heterocycles. The lowest BCUT2D eigenvalue weighted by Crippen LogP contribution is -2.47. The molecule has 132 valence electrons. The highest BCUT2D eigenvalue weighted by molar-refractivity contribution is 5.84. The van der Waals surface area contributed by atoms with Crippen molar-refractivity contribution in [1.29, 1.82) is 0 Å². The number of nitrogens with zero attached hydrogens (tertiary/aromatic N) is 4. The van der Waals surface area contributed by atoms with Crippen LogP contribution in [0.25, 0.3) is 0 Å². The van der Waals surface area contributed by atoms with E-state index in [9.17, 15) is 14.9 Å². The fourth-order valence-corrected chi connectivity index (χ4v) is 3.25. The Morgan fingerprint density at radius 2 is 2.00 bits per heavy atom. The van der Waals surface area contributed by atoms with Gasteiger partial charge in [0.1, 0.15) is 17.9 Å². The molecule has 2 aromatic rings. The molecule has 0 bridgehead atoms. The average molecular weight is 343 g/mol. The Hall–Kier alpha value is -2.74. The van der Waals surface area contributed by atoms with Crippen molar-refractivity contribution in [3.63, 3.8) is 0 Å². The summed E-state index contributed by atoms with van der Waals surface area (Å²) in [7, 11) is 0. The fourth-order valence-electron chi connectivity index (χ4n) is 3.25. The molecule has 0 spiro atoms. The number of rotatable bonds is 4. The van der Waals surface area contributed by atoms with Crippen LogP contribution in [0.2, 0.25) is 0 Å². The number of benzene rings is 1. The van der Waals surface area contributed by atoms with Crippen molar-refractivity contribution >= 4 is 11.6 Å². The molecule has 2 heterocycles. The van der Waals surface area contributed by atoms with E-state index in [1.807, 2.05) is 30.3 Å². The number of hydrogen-bond donors (Lipinski definition) is 1. The number of nitrogens with two attached hydrogens (primary N) is 1. The van der Waals surface area contributed by atoms with Crippen LogP contribution in [0.3, 0.4) is 0 Å². The highest BCUT2D eigenvalue weighted by Crippen LogP contribution is 2.30. The van der Waals surface area contributed by atoms with Crippen molar-refractivity contribution in [3.8, 4) is 0 Å². The summed E-state index contributed by atoms with van der Waals surface area (Å²) in [6.07, 6.45) is 2.43. The van der Waals surface area contributed by atoms with Gasteiger partial charge in [0.15, 0.2) is 0 Å². The molecule has 8 nitrogen and oxygen atoms in total. The molecule has 3 rings (SSSR count). The lowest BCUT2D eigenvalue weighted by Gasteiger charge is -2.29. The van der Waals surface area contributed by atoms with Gasteiger partial charge in [-0.25, -0.2) is 0 Å². The Labute approximate surface area is 145 Å². The molecule has 2 N–H and O–H groups in total. The highest BCUT2D eigenvalue weighted by Gasteiger charge is 2.41. The van der Waals surface area contributed by atoms with Crippen LogP contribution in [0.4, 0.5) is 5.69 Å². The van der Waals surface area contributed by atoms with E-state index < -0.39 is 10.5 Å². The lowest BCUT2D eigenvalue weighted by atomic mass is 9.95. The molecule has 0 radical (unpaired) electrons. The van der Waals surface area contributed by atoms with Crippen molar-refractivity contribution in [1.82, 2.24) is 14.7 Å². The summed E-state index contributed by atoms with van der Waals surface area (Å²) >= 11 is 0. The van der Waals surface area contributed by atoms with Gasteiger partial charge < -0.3 is 10.6 Å². The van der Waals surface area contributed by atoms with Gasteiger partial charge in [0.05, 0.1) is 4.92 Å². The smallest absolute Gasteiger partial charge is 0.307 e. The molecule has 1 amide bonds. The number of amides is 1. The topological polar surface area (TPSA) is 107 Å². The normalized spacial score (nSPS) is 20.7. The number of carbonyl (C=O) groups is 1. The summed E-state index contributed by atoms with van der Waals surface area (Å²) < 4.78 is 1.34. The SMILES string of the molecule is CC(C)(C(=O)N1C[C@@H](N)[C@H](c2ccccc2)C1)n1cc([N+](=O)[O-])cn1. The average Bonchev–Trinajstić information content (AvgIpc) is 3.22. The second-order valence-electron chi connectivity index (χ2n) is 6.85. The van der Waals surface area contributed by atoms with E-state index in [1.54, 1.807) is 18.7 Å². The monoisotopic (exact) mass is 343 g/mol. The minimum Gasteiger partial charge on any atom is -0.338 e. The fraction of sp³-hybridized carbons (Fsp3) is 0.412. The van der Waals surface area contributed by atoms with Crippen LogP contribution >= 0.6 is 0 Å². The zero-order chi connectivity index (χ0) is 18.2. The number of hydrogen-bond acceptors (Lipinski definition) is 5. The van der Waals surface area contributed by atoms with Gasteiger partial charge in [-0.05, 0) is 19.4 Å². The van der Waals surface area contributed by atoms with E-state index in [-0.39, 0.29) is 23.6 Å². The van der Waals surface area contributed by atoms with Crippen LogP contribution in [0.15, 0.2) is 42.7 Å². The molecule has 0 saturated carbocycles. The predicted octanol–water partition coefficient (Wildman–Crippen LogP) is 1.48. The highest BCUT2D eigenvalue weighted by atomic mass is 16.6. The Kier molecular flexibility index (Phi) is 4.30. The third-order valence-corrected chi connectivity index (χ3v) is 4.76. The molecule has 1 fully saturated rings. The predicted molar refractivity (Wildman–Crippen MR) is 91.9 cm³/mol. The molecular weight excluding hydrogens is 322 g/mol. The second kappa shape index (κ2) is 6.29. The molecule has 1 saturated heterocycles. The third-order valence-electron chi connectivity index (χ3n) is 4.76. The first kappa shape index (κ1) is 17.1. The van der Waals surface area contributed by atoms with E-state index in [2.05, 4.69) is 5.10 Å². The molecule has 0 aliphatic carbocycles. The quantitative estimate of drug-likeness (QED) is 0.668. The summed E-state index contributed by atoms with van der Waals surface area (Å²) in [4.78, 5) is 25.1. The zero-order valence-corrected chi connectivity index (χ0v) is 14.2. The van der Waals surface area contributed by atoms with Gasteiger partial charge in [-0.15, -0.1) is 0 Å². The van der Waals surface area contributed by atoms with Gasteiger partial charge >= 0.3 is 5.69 Å². The minimum absolute atomic E-state index is 0.0768.